The average Bonchev–Trinajstić information content (AvgIpc) is 2.19. The third-order valence-electron chi connectivity index (χ3n) is 2.47. The Kier molecular flexibility index (Phi) is 4.72. The van der Waals surface area contributed by atoms with Crippen LogP contribution in [0.3, 0.4) is 0 Å². The Bertz CT molecular complexity index is 297. The maximum Gasteiger partial charge on any atom is 0.123 e. The van der Waals surface area contributed by atoms with E-state index in [-0.39, 0.29) is 11.9 Å². The summed E-state index contributed by atoms with van der Waals surface area (Å²) in [5.41, 5.74) is 0.790. The molecule has 1 N–H and O–H groups in total. The number of halogens is 1. The van der Waals surface area contributed by atoms with E-state index >= 15 is 0 Å². The van der Waals surface area contributed by atoms with Crippen LogP contribution in [0.2, 0.25) is 0 Å². The fourth-order valence-corrected chi connectivity index (χ4v) is 1.63. The zero-order chi connectivity index (χ0) is 11.3. The summed E-state index contributed by atoms with van der Waals surface area (Å²) in [4.78, 5) is 0. The molecule has 1 aromatic rings. The van der Waals surface area contributed by atoms with Crippen molar-refractivity contribution in [1.82, 2.24) is 0 Å². The summed E-state index contributed by atoms with van der Waals surface area (Å²) >= 11 is 0. The molecule has 15 heavy (non-hydrogen) atoms. The van der Waals surface area contributed by atoms with Crippen molar-refractivity contribution in [3.8, 4) is 0 Å². The SMILES string of the molecule is CCC(OC)C(O)Cc1cccc(F)c1. The van der Waals surface area contributed by atoms with Crippen LogP contribution < -0.4 is 0 Å². The number of aliphatic hydroxyl groups excluding tert-OH is 1. The van der Waals surface area contributed by atoms with Gasteiger partial charge in [-0.1, -0.05) is 19.1 Å². The quantitative estimate of drug-likeness (QED) is 0.810. The number of hydrogen-bond acceptors (Lipinski definition) is 2. The summed E-state index contributed by atoms with van der Waals surface area (Å²) in [6.45, 7) is 1.95. The number of hydrogen-bond donors (Lipinski definition) is 1. The van der Waals surface area contributed by atoms with E-state index in [2.05, 4.69) is 0 Å². The van der Waals surface area contributed by atoms with Crippen LogP contribution in [0.15, 0.2) is 24.3 Å². The standard InChI is InChI=1S/C12H17FO2/c1-3-12(15-2)11(14)8-9-5-4-6-10(13)7-9/h4-7,11-12,14H,3,8H2,1-2H3. The van der Waals surface area contributed by atoms with Crippen LogP contribution in [0.1, 0.15) is 18.9 Å². The van der Waals surface area contributed by atoms with E-state index in [1.54, 1.807) is 19.2 Å². The van der Waals surface area contributed by atoms with E-state index in [9.17, 15) is 9.50 Å². The molecule has 1 rings (SSSR count). The Morgan fingerprint density at radius 2 is 2.20 bits per heavy atom. The Hall–Kier alpha value is -0.930. The molecule has 0 amide bonds. The maximum atomic E-state index is 12.9. The lowest BCUT2D eigenvalue weighted by atomic mass is 10.0. The molecule has 0 aliphatic rings. The van der Waals surface area contributed by atoms with E-state index in [0.29, 0.717) is 6.42 Å². The van der Waals surface area contributed by atoms with Gasteiger partial charge < -0.3 is 9.84 Å². The first-order chi connectivity index (χ1) is 7.17. The van der Waals surface area contributed by atoms with Gasteiger partial charge in [-0.2, -0.15) is 0 Å². The highest BCUT2D eigenvalue weighted by Crippen LogP contribution is 2.11. The van der Waals surface area contributed by atoms with Gasteiger partial charge in [0.05, 0.1) is 12.2 Å². The topological polar surface area (TPSA) is 29.5 Å². The Morgan fingerprint density at radius 1 is 1.47 bits per heavy atom. The summed E-state index contributed by atoms with van der Waals surface area (Å²) in [6, 6.07) is 6.27. The molecule has 0 fully saturated rings. The summed E-state index contributed by atoms with van der Waals surface area (Å²) in [5, 5.41) is 9.81. The number of methoxy groups -OCH3 is 1. The molecule has 0 saturated carbocycles. The van der Waals surface area contributed by atoms with Gasteiger partial charge >= 0.3 is 0 Å². The predicted octanol–water partition coefficient (Wildman–Crippen LogP) is 2.15. The van der Waals surface area contributed by atoms with E-state index in [1.807, 2.05) is 6.92 Å². The summed E-state index contributed by atoms with van der Waals surface area (Å²) in [5.74, 6) is -0.273. The molecule has 0 heterocycles. The Morgan fingerprint density at radius 3 is 2.73 bits per heavy atom. The lowest BCUT2D eigenvalue weighted by Crippen LogP contribution is -2.29. The number of aliphatic hydroxyl groups is 1. The highest BCUT2D eigenvalue weighted by Gasteiger charge is 2.16. The van der Waals surface area contributed by atoms with Gasteiger partial charge in [-0.3, -0.25) is 0 Å². The number of rotatable bonds is 5. The number of benzene rings is 1. The highest BCUT2D eigenvalue weighted by molar-refractivity contribution is 5.17. The third kappa shape index (κ3) is 3.61. The molecule has 3 heteroatoms. The molecule has 2 nitrogen and oxygen atoms in total. The first kappa shape index (κ1) is 12.1. The molecule has 0 radical (unpaired) electrons. The maximum absolute atomic E-state index is 12.9. The second kappa shape index (κ2) is 5.83. The molecule has 2 atom stereocenters. The van der Waals surface area contributed by atoms with Crippen molar-refractivity contribution >= 4 is 0 Å². The monoisotopic (exact) mass is 212 g/mol. The molecule has 1 aromatic carbocycles. The summed E-state index contributed by atoms with van der Waals surface area (Å²) < 4.78 is 18.0. The van der Waals surface area contributed by atoms with Crippen molar-refractivity contribution in [2.24, 2.45) is 0 Å². The van der Waals surface area contributed by atoms with Crippen LogP contribution in [0.25, 0.3) is 0 Å². The third-order valence-corrected chi connectivity index (χ3v) is 2.47. The number of ether oxygens (including phenoxy) is 1. The molecular weight excluding hydrogens is 195 g/mol. The van der Waals surface area contributed by atoms with E-state index in [1.165, 1.54) is 12.1 Å². The normalized spacial score (nSPS) is 14.9. The van der Waals surface area contributed by atoms with Gasteiger partial charge in [-0.05, 0) is 24.1 Å². The molecule has 0 aliphatic carbocycles. The van der Waals surface area contributed by atoms with Gasteiger partial charge in [0, 0.05) is 13.5 Å². The fourth-order valence-electron chi connectivity index (χ4n) is 1.63. The van der Waals surface area contributed by atoms with Crippen LogP contribution in [-0.4, -0.2) is 24.4 Å². The molecular formula is C12H17FO2. The average molecular weight is 212 g/mol. The largest absolute Gasteiger partial charge is 0.390 e. The zero-order valence-corrected chi connectivity index (χ0v) is 9.11. The van der Waals surface area contributed by atoms with E-state index in [4.69, 9.17) is 4.74 Å². The summed E-state index contributed by atoms with van der Waals surface area (Å²) in [7, 11) is 1.57. The van der Waals surface area contributed by atoms with Gasteiger partial charge in [-0.25, -0.2) is 4.39 Å². The first-order valence-electron chi connectivity index (χ1n) is 5.12. The van der Waals surface area contributed by atoms with Gasteiger partial charge in [0.25, 0.3) is 0 Å². The van der Waals surface area contributed by atoms with Gasteiger partial charge in [-0.15, -0.1) is 0 Å². The molecule has 0 aromatic heterocycles. The summed E-state index contributed by atoms with van der Waals surface area (Å²) in [6.07, 6.45) is 0.395. The van der Waals surface area contributed by atoms with Crippen molar-refractivity contribution in [1.29, 1.82) is 0 Å². The minimum atomic E-state index is -0.582. The molecule has 0 bridgehead atoms. The van der Waals surface area contributed by atoms with Gasteiger partial charge in [0.15, 0.2) is 0 Å². The van der Waals surface area contributed by atoms with Crippen molar-refractivity contribution in [3.63, 3.8) is 0 Å². The highest BCUT2D eigenvalue weighted by atomic mass is 19.1. The van der Waals surface area contributed by atoms with E-state index < -0.39 is 6.10 Å². The fraction of sp³-hybridized carbons (Fsp3) is 0.500. The second-order valence-electron chi connectivity index (χ2n) is 3.58. The molecule has 0 aliphatic heterocycles. The minimum Gasteiger partial charge on any atom is -0.390 e. The lowest BCUT2D eigenvalue weighted by Gasteiger charge is -2.20. The lowest BCUT2D eigenvalue weighted by molar-refractivity contribution is -0.0128. The van der Waals surface area contributed by atoms with Crippen LogP contribution in [0.5, 0.6) is 0 Å². The van der Waals surface area contributed by atoms with Gasteiger partial charge in [0.1, 0.15) is 5.82 Å². The smallest absolute Gasteiger partial charge is 0.123 e. The van der Waals surface area contributed by atoms with Crippen molar-refractivity contribution < 1.29 is 14.2 Å². The second-order valence-corrected chi connectivity index (χ2v) is 3.58. The van der Waals surface area contributed by atoms with Crippen molar-refractivity contribution in [2.45, 2.75) is 32.0 Å². The molecule has 0 spiro atoms. The van der Waals surface area contributed by atoms with Crippen molar-refractivity contribution in [3.05, 3.63) is 35.6 Å². The molecule has 2 unspecified atom stereocenters. The van der Waals surface area contributed by atoms with Crippen LogP contribution in [-0.2, 0) is 11.2 Å². The van der Waals surface area contributed by atoms with Crippen LogP contribution in [0.4, 0.5) is 4.39 Å². The van der Waals surface area contributed by atoms with Crippen molar-refractivity contribution in [2.75, 3.05) is 7.11 Å². The Balaban J connectivity index is 2.61. The minimum absolute atomic E-state index is 0.187. The van der Waals surface area contributed by atoms with Crippen LogP contribution >= 0.6 is 0 Å². The molecule has 84 valence electrons. The van der Waals surface area contributed by atoms with E-state index in [0.717, 1.165) is 12.0 Å². The van der Waals surface area contributed by atoms with Crippen LogP contribution in [0, 0.1) is 5.82 Å². The zero-order valence-electron chi connectivity index (χ0n) is 9.11. The first-order valence-corrected chi connectivity index (χ1v) is 5.12. The van der Waals surface area contributed by atoms with Gasteiger partial charge in [0.2, 0.25) is 0 Å². The Labute approximate surface area is 89.7 Å². The molecule has 0 saturated heterocycles. The predicted molar refractivity (Wildman–Crippen MR) is 57.2 cm³/mol.